The Balaban J connectivity index is 1.36. The van der Waals surface area contributed by atoms with E-state index in [0.29, 0.717) is 16.7 Å². The molecule has 82 heavy (non-hydrogen) atoms. The first-order chi connectivity index (χ1) is 39.3. The van der Waals surface area contributed by atoms with E-state index in [1.54, 1.807) is 96.4 Å². The fourth-order valence-corrected chi connectivity index (χ4v) is 9.97. The van der Waals surface area contributed by atoms with E-state index < -0.39 is 109 Å². The molecule has 23 heteroatoms. The van der Waals surface area contributed by atoms with Crippen molar-refractivity contribution in [1.82, 2.24) is 25.9 Å². The number of carbonyl (C=O) groups excluding carboxylic acids is 7. The SMILES string of the molecule is CNC(=O)[C@@H](NC(=O)[C@H](OCc1ccc(-c2nccs2)cc1)[C@H](OC(=O)CCCOC(=O)[C@@H](N)C(C)C)[C@@H](O)[C@@H](OCc1ccc(-c2nccs2)cc1)C(=O)N[C@H]1c2ccccc2C[C@H]1OC(=O)CCCOC(=O)[C@@H](N)C(C)C)C(C)C. The number of ether oxygens (including phenoxy) is 6. The summed E-state index contributed by atoms with van der Waals surface area (Å²) in [5.41, 5.74) is 16.0. The van der Waals surface area contributed by atoms with Crippen molar-refractivity contribution in [2.75, 3.05) is 20.3 Å². The van der Waals surface area contributed by atoms with Crippen LogP contribution in [0.1, 0.15) is 95.5 Å². The maximum atomic E-state index is 15.3. The molecule has 21 nitrogen and oxygen atoms in total. The van der Waals surface area contributed by atoms with Crippen molar-refractivity contribution in [2.45, 2.75) is 142 Å². The third kappa shape index (κ3) is 18.3. The van der Waals surface area contributed by atoms with Crippen molar-refractivity contribution in [3.63, 3.8) is 0 Å². The molecule has 0 saturated heterocycles. The van der Waals surface area contributed by atoms with Gasteiger partial charge in [-0.3, -0.25) is 33.6 Å². The second kappa shape index (κ2) is 31.4. The van der Waals surface area contributed by atoms with Gasteiger partial charge in [-0.25, -0.2) is 9.97 Å². The number of aliphatic hydroxyl groups excluding tert-OH is 1. The molecule has 1 aliphatic rings. The fraction of sp³-hybridized carbons (Fsp3) is 0.475. The van der Waals surface area contributed by atoms with Gasteiger partial charge < -0.3 is 60.9 Å². The molecule has 6 rings (SSSR count). The van der Waals surface area contributed by atoms with Crippen LogP contribution in [0.4, 0.5) is 0 Å². The highest BCUT2D eigenvalue weighted by Gasteiger charge is 2.47. The average molecular weight is 1170 g/mol. The predicted octanol–water partition coefficient (Wildman–Crippen LogP) is 5.50. The van der Waals surface area contributed by atoms with Gasteiger partial charge in [0.05, 0.1) is 32.5 Å². The van der Waals surface area contributed by atoms with Gasteiger partial charge in [0.1, 0.15) is 40.3 Å². The molecule has 442 valence electrons. The van der Waals surface area contributed by atoms with E-state index in [4.69, 9.17) is 39.9 Å². The summed E-state index contributed by atoms with van der Waals surface area (Å²) in [6.07, 6.45) is -6.08. The highest BCUT2D eigenvalue weighted by Crippen LogP contribution is 2.35. The standard InChI is InChI=1S/C59H75N7O14S2/c1-33(2)45(60)58(73)75-26-10-14-43(67)79-42-30-40-12-8-9-13-41(40)48(42)66-54(71)51(77-31-36-16-20-38(21-17-36)56-63-24-28-81-56)49(69)50(80-44(68)15-11-27-76-59(74)46(61)34(3)4)52(55(72)65-47(35(5)6)53(70)62-7)78-32-37-18-22-39(23-19-37)57-64-25-29-82-57/h8-9,12-13,16-25,28-29,33-35,42,45-52,69H,10-11,14-15,26-27,30-32,60-61H2,1-7H3,(H,62,70)(H,65,72)(H,66,71)/t42-,45+,46+,47+,48+,49-,50-,51-,52-/m1/s1. The van der Waals surface area contributed by atoms with E-state index in [2.05, 4.69) is 25.9 Å². The minimum Gasteiger partial charge on any atom is -0.465 e. The molecule has 2 aromatic heterocycles. The first-order valence-electron chi connectivity index (χ1n) is 27.3. The van der Waals surface area contributed by atoms with Crippen molar-refractivity contribution in [3.05, 3.63) is 118 Å². The maximum Gasteiger partial charge on any atom is 0.323 e. The molecule has 0 fully saturated rings. The molecule has 0 bridgehead atoms. The lowest BCUT2D eigenvalue weighted by atomic mass is 9.98. The van der Waals surface area contributed by atoms with E-state index in [1.807, 2.05) is 41.1 Å². The number of esters is 4. The summed E-state index contributed by atoms with van der Waals surface area (Å²) in [5.74, 6) is -6.24. The van der Waals surface area contributed by atoms with Crippen LogP contribution in [0.25, 0.3) is 21.1 Å². The van der Waals surface area contributed by atoms with E-state index in [9.17, 15) is 33.9 Å². The number of likely N-dealkylation sites (N-methyl/N-ethyl adjacent to an activating group) is 1. The molecule has 0 radical (unpaired) electrons. The molecular formula is C59H75N7O14S2. The minimum atomic E-state index is -2.22. The molecule has 1 aliphatic carbocycles. The van der Waals surface area contributed by atoms with Crippen LogP contribution in [0.15, 0.2) is 96.0 Å². The van der Waals surface area contributed by atoms with Gasteiger partial charge in [-0.05, 0) is 52.8 Å². The Kier molecular flexibility index (Phi) is 24.6. The number of thiazole rings is 2. The molecule has 8 N–H and O–H groups in total. The van der Waals surface area contributed by atoms with Crippen molar-refractivity contribution in [1.29, 1.82) is 0 Å². The summed E-state index contributed by atoms with van der Waals surface area (Å²) in [7, 11) is 1.40. The number of benzene rings is 3. The van der Waals surface area contributed by atoms with Crippen molar-refractivity contribution in [2.24, 2.45) is 29.2 Å². The van der Waals surface area contributed by atoms with Crippen LogP contribution in [-0.4, -0.2) is 126 Å². The summed E-state index contributed by atoms with van der Waals surface area (Å²) in [6, 6.07) is 17.5. The zero-order valence-electron chi connectivity index (χ0n) is 47.1. The van der Waals surface area contributed by atoms with Gasteiger partial charge in [0.25, 0.3) is 11.8 Å². The predicted molar refractivity (Wildman–Crippen MR) is 306 cm³/mol. The number of hydrogen-bond acceptors (Lipinski definition) is 20. The van der Waals surface area contributed by atoms with Crippen LogP contribution >= 0.6 is 22.7 Å². The highest BCUT2D eigenvalue weighted by atomic mass is 32.1. The van der Waals surface area contributed by atoms with Crippen molar-refractivity contribution in [3.8, 4) is 21.1 Å². The number of rotatable bonds is 31. The average Bonchev–Trinajstić information content (AvgIpc) is 4.32. The second-order valence-corrected chi connectivity index (χ2v) is 22.6. The van der Waals surface area contributed by atoms with Crippen LogP contribution in [-0.2, 0) is 81.6 Å². The topological polar surface area (TPSA) is 309 Å². The Morgan fingerprint density at radius 2 is 1.17 bits per heavy atom. The molecule has 3 amide bonds. The maximum absolute atomic E-state index is 15.3. The number of aliphatic hydroxyl groups is 1. The van der Waals surface area contributed by atoms with Gasteiger partial charge in [0, 0.05) is 60.6 Å². The second-order valence-electron chi connectivity index (χ2n) is 20.8. The van der Waals surface area contributed by atoms with Crippen LogP contribution in [0.2, 0.25) is 0 Å². The summed E-state index contributed by atoms with van der Waals surface area (Å²) in [6.45, 7) is 9.58. The quantitative estimate of drug-likeness (QED) is 0.0181. The molecule has 9 atom stereocenters. The lowest BCUT2D eigenvalue weighted by Gasteiger charge is -2.35. The van der Waals surface area contributed by atoms with E-state index in [1.165, 1.54) is 29.7 Å². The van der Waals surface area contributed by atoms with E-state index in [-0.39, 0.29) is 63.9 Å². The molecule has 5 aromatic rings. The lowest BCUT2D eigenvalue weighted by molar-refractivity contribution is -0.190. The molecular weight excluding hydrogens is 1090 g/mol. The molecule has 0 saturated carbocycles. The number of aromatic nitrogens is 2. The Labute approximate surface area is 485 Å². The van der Waals surface area contributed by atoms with Gasteiger partial charge >= 0.3 is 23.9 Å². The number of carbonyl (C=O) groups is 7. The van der Waals surface area contributed by atoms with Crippen molar-refractivity contribution >= 4 is 64.3 Å². The molecule has 0 spiro atoms. The Morgan fingerprint density at radius 3 is 1.66 bits per heavy atom. The number of fused-ring (bicyclic) bond motifs is 1. The summed E-state index contributed by atoms with van der Waals surface area (Å²) in [4.78, 5) is 105. The Morgan fingerprint density at radius 1 is 0.659 bits per heavy atom. The Bertz CT molecular complexity index is 2870. The Hall–Kier alpha value is -6.99. The van der Waals surface area contributed by atoms with Gasteiger partial charge in [-0.2, -0.15) is 0 Å². The number of hydrogen-bond donors (Lipinski definition) is 6. The molecule has 3 aromatic carbocycles. The summed E-state index contributed by atoms with van der Waals surface area (Å²) in [5, 5.41) is 26.3. The number of amides is 3. The number of nitrogens with zero attached hydrogens (tertiary/aromatic N) is 2. The molecule has 2 heterocycles. The smallest absolute Gasteiger partial charge is 0.323 e. The first kappa shape index (κ1) is 64.2. The summed E-state index contributed by atoms with van der Waals surface area (Å²) >= 11 is 2.88. The van der Waals surface area contributed by atoms with Gasteiger partial charge in [-0.1, -0.05) is 114 Å². The monoisotopic (exact) mass is 1170 g/mol. The first-order valence-corrected chi connectivity index (χ1v) is 29.0. The van der Waals surface area contributed by atoms with Crippen LogP contribution in [0, 0.1) is 17.8 Å². The number of nitrogens with one attached hydrogen (secondary N) is 3. The van der Waals surface area contributed by atoms with Gasteiger partial charge in [-0.15, -0.1) is 22.7 Å². The van der Waals surface area contributed by atoms with Crippen LogP contribution in [0.3, 0.4) is 0 Å². The van der Waals surface area contributed by atoms with Crippen LogP contribution < -0.4 is 27.4 Å². The van der Waals surface area contributed by atoms with E-state index >= 15 is 4.79 Å². The number of nitrogens with two attached hydrogens (primary N) is 2. The zero-order chi connectivity index (χ0) is 59.5. The normalized spacial score (nSPS) is 16.5. The van der Waals surface area contributed by atoms with Gasteiger partial charge in [0.2, 0.25) is 5.91 Å². The van der Waals surface area contributed by atoms with Gasteiger partial charge in [0.15, 0.2) is 18.3 Å². The van der Waals surface area contributed by atoms with E-state index in [0.717, 1.165) is 26.7 Å². The largest absolute Gasteiger partial charge is 0.465 e. The third-order valence-electron chi connectivity index (χ3n) is 13.6. The van der Waals surface area contributed by atoms with Crippen molar-refractivity contribution < 1.29 is 67.1 Å². The minimum absolute atomic E-state index is 0.0660. The zero-order valence-corrected chi connectivity index (χ0v) is 48.8. The lowest BCUT2D eigenvalue weighted by Crippen LogP contribution is -2.60. The highest BCUT2D eigenvalue weighted by molar-refractivity contribution is 7.13. The third-order valence-corrected chi connectivity index (χ3v) is 15.3. The fourth-order valence-electron chi connectivity index (χ4n) is 8.68. The molecule has 0 aliphatic heterocycles. The summed E-state index contributed by atoms with van der Waals surface area (Å²) < 4.78 is 35.5. The molecule has 0 unspecified atom stereocenters. The van der Waals surface area contributed by atoms with Crippen LogP contribution in [0.5, 0.6) is 0 Å².